The standard InChI is InChI=1S/C15H15BrN2O2/c1-2-20-14-10-6-5-9-13(14)18-15(19)17-12-8-4-3-7-11(12)16/h3-10H,2H2,1H3,(H2,17,18,19). The fraction of sp³-hybridized carbons (Fsp3) is 0.133. The Balaban J connectivity index is 2.07. The highest BCUT2D eigenvalue weighted by molar-refractivity contribution is 9.10. The lowest BCUT2D eigenvalue weighted by Gasteiger charge is -2.12. The van der Waals surface area contributed by atoms with Crippen molar-refractivity contribution < 1.29 is 9.53 Å². The third-order valence-corrected chi connectivity index (χ3v) is 3.25. The van der Waals surface area contributed by atoms with Gasteiger partial charge in [-0.25, -0.2) is 4.79 Å². The molecule has 0 spiro atoms. The highest BCUT2D eigenvalue weighted by atomic mass is 79.9. The molecule has 5 heteroatoms. The summed E-state index contributed by atoms with van der Waals surface area (Å²) in [5.41, 5.74) is 1.35. The van der Waals surface area contributed by atoms with Gasteiger partial charge in [-0.2, -0.15) is 0 Å². The molecular formula is C15H15BrN2O2. The minimum absolute atomic E-state index is 0.316. The maximum Gasteiger partial charge on any atom is 0.323 e. The lowest BCUT2D eigenvalue weighted by Crippen LogP contribution is -2.20. The zero-order chi connectivity index (χ0) is 14.4. The number of nitrogens with one attached hydrogen (secondary N) is 2. The van der Waals surface area contributed by atoms with Gasteiger partial charge in [-0.15, -0.1) is 0 Å². The maximum atomic E-state index is 12.0. The topological polar surface area (TPSA) is 50.4 Å². The molecule has 0 saturated carbocycles. The smallest absolute Gasteiger partial charge is 0.323 e. The summed E-state index contributed by atoms with van der Waals surface area (Å²) >= 11 is 3.38. The van der Waals surface area contributed by atoms with E-state index in [1.54, 1.807) is 6.07 Å². The minimum Gasteiger partial charge on any atom is -0.492 e. The molecule has 0 aromatic heterocycles. The van der Waals surface area contributed by atoms with Gasteiger partial charge in [-0.05, 0) is 47.1 Å². The minimum atomic E-state index is -0.316. The lowest BCUT2D eigenvalue weighted by atomic mass is 10.3. The number of carbonyl (C=O) groups excluding carboxylic acids is 1. The highest BCUT2D eigenvalue weighted by Gasteiger charge is 2.08. The molecule has 0 atom stereocenters. The Kier molecular flexibility index (Phi) is 5.01. The number of hydrogen-bond acceptors (Lipinski definition) is 2. The third-order valence-electron chi connectivity index (χ3n) is 2.56. The molecule has 2 rings (SSSR count). The van der Waals surface area contributed by atoms with E-state index in [2.05, 4.69) is 26.6 Å². The molecule has 2 amide bonds. The molecule has 2 N–H and O–H groups in total. The summed E-state index contributed by atoms with van der Waals surface area (Å²) < 4.78 is 6.29. The van der Waals surface area contributed by atoms with Gasteiger partial charge in [0.15, 0.2) is 0 Å². The summed E-state index contributed by atoms with van der Waals surface area (Å²) in [5, 5.41) is 5.55. The molecule has 0 unspecified atom stereocenters. The van der Waals surface area contributed by atoms with Crippen molar-refractivity contribution in [1.29, 1.82) is 0 Å². The van der Waals surface area contributed by atoms with Crippen LogP contribution in [0.4, 0.5) is 16.2 Å². The van der Waals surface area contributed by atoms with Crippen LogP contribution in [0.2, 0.25) is 0 Å². The fourth-order valence-electron chi connectivity index (χ4n) is 1.69. The predicted molar refractivity (Wildman–Crippen MR) is 84.4 cm³/mol. The van der Waals surface area contributed by atoms with Gasteiger partial charge < -0.3 is 15.4 Å². The van der Waals surface area contributed by atoms with Crippen molar-refractivity contribution >= 4 is 33.3 Å². The molecule has 0 aliphatic rings. The van der Waals surface area contributed by atoms with Crippen LogP contribution >= 0.6 is 15.9 Å². The quantitative estimate of drug-likeness (QED) is 0.865. The largest absolute Gasteiger partial charge is 0.492 e. The SMILES string of the molecule is CCOc1ccccc1NC(=O)Nc1ccccc1Br. The number of urea groups is 1. The van der Waals surface area contributed by atoms with Gasteiger partial charge in [0, 0.05) is 4.47 Å². The number of anilines is 2. The van der Waals surface area contributed by atoms with Crippen molar-refractivity contribution in [3.8, 4) is 5.75 Å². The second-order valence-electron chi connectivity index (χ2n) is 3.99. The Morgan fingerprint density at radius 1 is 1.05 bits per heavy atom. The summed E-state index contributed by atoms with van der Waals surface area (Å²) in [6.45, 7) is 2.45. The first-order valence-corrected chi connectivity index (χ1v) is 7.04. The van der Waals surface area contributed by atoms with E-state index in [-0.39, 0.29) is 6.03 Å². The maximum absolute atomic E-state index is 12.0. The lowest BCUT2D eigenvalue weighted by molar-refractivity contribution is 0.262. The number of amides is 2. The van der Waals surface area contributed by atoms with Crippen LogP contribution in [0, 0.1) is 0 Å². The van der Waals surface area contributed by atoms with Gasteiger partial charge in [0.1, 0.15) is 5.75 Å². The number of ether oxygens (including phenoxy) is 1. The van der Waals surface area contributed by atoms with E-state index in [9.17, 15) is 4.79 Å². The number of rotatable bonds is 4. The Hall–Kier alpha value is -2.01. The number of benzene rings is 2. The van der Waals surface area contributed by atoms with Crippen molar-refractivity contribution in [2.24, 2.45) is 0 Å². The van der Waals surface area contributed by atoms with Crippen molar-refractivity contribution in [3.63, 3.8) is 0 Å². The van der Waals surface area contributed by atoms with E-state index < -0.39 is 0 Å². The monoisotopic (exact) mass is 334 g/mol. The summed E-state index contributed by atoms with van der Waals surface area (Å²) in [5.74, 6) is 0.650. The first-order valence-electron chi connectivity index (χ1n) is 6.25. The summed E-state index contributed by atoms with van der Waals surface area (Å²) in [4.78, 5) is 12.0. The molecule has 0 heterocycles. The fourth-order valence-corrected chi connectivity index (χ4v) is 2.07. The van der Waals surface area contributed by atoms with Gasteiger partial charge in [0.25, 0.3) is 0 Å². The first-order chi connectivity index (χ1) is 9.70. The van der Waals surface area contributed by atoms with Gasteiger partial charge >= 0.3 is 6.03 Å². The van der Waals surface area contributed by atoms with E-state index in [1.807, 2.05) is 49.4 Å². The van der Waals surface area contributed by atoms with Crippen LogP contribution in [-0.2, 0) is 0 Å². The van der Waals surface area contributed by atoms with E-state index in [0.29, 0.717) is 23.7 Å². The van der Waals surface area contributed by atoms with Crippen molar-refractivity contribution in [3.05, 3.63) is 53.0 Å². The number of carbonyl (C=O) groups is 1. The predicted octanol–water partition coefficient (Wildman–Crippen LogP) is 4.49. The third kappa shape index (κ3) is 3.74. The molecular weight excluding hydrogens is 320 g/mol. The van der Waals surface area contributed by atoms with Crippen LogP contribution in [0.1, 0.15) is 6.92 Å². The molecule has 0 fully saturated rings. The van der Waals surface area contributed by atoms with Crippen molar-refractivity contribution in [1.82, 2.24) is 0 Å². The van der Waals surface area contributed by atoms with E-state index in [0.717, 1.165) is 4.47 Å². The van der Waals surface area contributed by atoms with Crippen LogP contribution < -0.4 is 15.4 Å². The number of hydrogen-bond donors (Lipinski definition) is 2. The van der Waals surface area contributed by atoms with E-state index in [1.165, 1.54) is 0 Å². The van der Waals surface area contributed by atoms with E-state index >= 15 is 0 Å². The molecule has 104 valence electrons. The Morgan fingerprint density at radius 3 is 2.35 bits per heavy atom. The molecule has 20 heavy (non-hydrogen) atoms. The molecule has 2 aromatic rings. The summed E-state index contributed by atoms with van der Waals surface area (Å²) in [6.07, 6.45) is 0. The van der Waals surface area contributed by atoms with E-state index in [4.69, 9.17) is 4.74 Å². The zero-order valence-electron chi connectivity index (χ0n) is 11.0. The van der Waals surface area contributed by atoms with Crippen molar-refractivity contribution in [2.75, 3.05) is 17.2 Å². The Morgan fingerprint density at radius 2 is 1.65 bits per heavy atom. The number of para-hydroxylation sites is 3. The molecule has 0 aliphatic heterocycles. The molecule has 0 radical (unpaired) electrons. The first kappa shape index (κ1) is 14.4. The van der Waals surface area contributed by atoms with Crippen LogP contribution in [0.15, 0.2) is 53.0 Å². The molecule has 0 aliphatic carbocycles. The zero-order valence-corrected chi connectivity index (χ0v) is 12.6. The van der Waals surface area contributed by atoms with Crippen LogP contribution in [0.3, 0.4) is 0 Å². The molecule has 2 aromatic carbocycles. The van der Waals surface area contributed by atoms with Crippen LogP contribution in [-0.4, -0.2) is 12.6 Å². The average Bonchev–Trinajstić information content (AvgIpc) is 2.44. The number of halogens is 1. The van der Waals surface area contributed by atoms with Gasteiger partial charge in [0.2, 0.25) is 0 Å². The Labute approximate surface area is 126 Å². The normalized spacial score (nSPS) is 9.90. The van der Waals surface area contributed by atoms with Crippen LogP contribution in [0.5, 0.6) is 5.75 Å². The average molecular weight is 335 g/mol. The molecule has 4 nitrogen and oxygen atoms in total. The van der Waals surface area contributed by atoms with Crippen LogP contribution in [0.25, 0.3) is 0 Å². The summed E-state index contributed by atoms with van der Waals surface area (Å²) in [7, 11) is 0. The van der Waals surface area contributed by atoms with Gasteiger partial charge in [-0.3, -0.25) is 0 Å². The Bertz CT molecular complexity index is 602. The molecule has 0 bridgehead atoms. The van der Waals surface area contributed by atoms with Gasteiger partial charge in [0.05, 0.1) is 18.0 Å². The highest BCUT2D eigenvalue weighted by Crippen LogP contribution is 2.25. The summed E-state index contributed by atoms with van der Waals surface area (Å²) in [6, 6.07) is 14.4. The second kappa shape index (κ2) is 6.96. The second-order valence-corrected chi connectivity index (χ2v) is 4.84. The van der Waals surface area contributed by atoms with Crippen molar-refractivity contribution in [2.45, 2.75) is 6.92 Å². The molecule has 0 saturated heterocycles. The van der Waals surface area contributed by atoms with Gasteiger partial charge in [-0.1, -0.05) is 24.3 Å².